The van der Waals surface area contributed by atoms with E-state index in [9.17, 15) is 9.59 Å². The maximum Gasteiger partial charge on any atom is 0.337 e. The number of anilines is 1. The van der Waals surface area contributed by atoms with Crippen LogP contribution in [0.2, 0.25) is 0 Å². The molecule has 0 N–H and O–H groups in total. The Morgan fingerprint density at radius 3 is 2.63 bits per heavy atom. The fraction of sp³-hybridized carbons (Fsp3) is 0.300. The lowest BCUT2D eigenvalue weighted by Gasteiger charge is -2.21. The zero-order valence-corrected chi connectivity index (χ0v) is 16.4. The monoisotopic (exact) mass is 431 g/mol. The number of hydrogen-bond donors (Lipinski definition) is 0. The van der Waals surface area contributed by atoms with Crippen molar-refractivity contribution >= 4 is 33.5 Å². The van der Waals surface area contributed by atoms with Crippen LogP contribution in [-0.4, -0.2) is 38.7 Å². The number of halogens is 1. The largest absolute Gasteiger partial charge is 0.486 e. The third kappa shape index (κ3) is 3.39. The van der Waals surface area contributed by atoms with Crippen molar-refractivity contribution < 1.29 is 23.8 Å². The predicted octanol–water partition coefficient (Wildman–Crippen LogP) is 3.14. The van der Waals surface area contributed by atoms with Crippen LogP contribution in [0.3, 0.4) is 0 Å². The minimum atomic E-state index is -0.372. The van der Waals surface area contributed by atoms with Gasteiger partial charge in [0.1, 0.15) is 13.2 Å². The molecule has 0 atom stereocenters. The van der Waals surface area contributed by atoms with E-state index < -0.39 is 0 Å². The second-order valence-corrected chi connectivity index (χ2v) is 7.25. The molecule has 0 saturated heterocycles. The molecule has 1 amide bonds. The third-order valence-electron chi connectivity index (χ3n) is 4.75. The minimum Gasteiger partial charge on any atom is -0.486 e. The molecule has 0 fully saturated rings. The number of esters is 1. The van der Waals surface area contributed by atoms with Gasteiger partial charge < -0.3 is 19.1 Å². The fourth-order valence-electron chi connectivity index (χ4n) is 3.41. The lowest BCUT2D eigenvalue weighted by atomic mass is 10.1. The molecule has 0 saturated carbocycles. The van der Waals surface area contributed by atoms with Crippen LogP contribution >= 0.6 is 15.9 Å². The van der Waals surface area contributed by atoms with Gasteiger partial charge in [0.2, 0.25) is 5.91 Å². The summed E-state index contributed by atoms with van der Waals surface area (Å²) in [5.41, 5.74) is 3.18. The molecule has 140 valence electrons. The summed E-state index contributed by atoms with van der Waals surface area (Å²) in [6, 6.07) is 9.00. The first-order valence-electron chi connectivity index (χ1n) is 8.66. The highest BCUT2D eigenvalue weighted by atomic mass is 79.9. The lowest BCUT2D eigenvalue weighted by molar-refractivity contribution is -0.117. The van der Waals surface area contributed by atoms with Gasteiger partial charge in [-0.1, -0.05) is 15.9 Å². The summed E-state index contributed by atoms with van der Waals surface area (Å²) < 4.78 is 16.8. The molecule has 2 aliphatic heterocycles. The van der Waals surface area contributed by atoms with Crippen LogP contribution in [0.4, 0.5) is 5.69 Å². The van der Waals surface area contributed by atoms with Gasteiger partial charge in [0.05, 0.1) is 19.1 Å². The van der Waals surface area contributed by atoms with E-state index in [-0.39, 0.29) is 18.3 Å². The Hall–Kier alpha value is -2.54. The van der Waals surface area contributed by atoms with E-state index in [1.165, 1.54) is 7.11 Å². The maximum atomic E-state index is 12.9. The molecule has 0 aliphatic carbocycles. The number of rotatable bonds is 3. The second kappa shape index (κ2) is 7.23. The summed E-state index contributed by atoms with van der Waals surface area (Å²) in [5, 5.41) is 0. The zero-order chi connectivity index (χ0) is 19.0. The number of benzene rings is 2. The number of ether oxygens (including phenoxy) is 3. The highest BCUT2D eigenvalue weighted by molar-refractivity contribution is 9.10. The number of carbonyl (C=O) groups is 2. The molecule has 4 rings (SSSR count). The molecule has 7 heteroatoms. The van der Waals surface area contributed by atoms with Gasteiger partial charge >= 0.3 is 5.97 Å². The SMILES string of the molecule is COC(=O)c1ccc2c(c1)CCN2C(=O)Cc1cc2c(cc1Br)OCCO2. The summed E-state index contributed by atoms with van der Waals surface area (Å²) in [6.45, 7) is 1.63. The predicted molar refractivity (Wildman–Crippen MR) is 103 cm³/mol. The Kier molecular flexibility index (Phi) is 4.78. The minimum absolute atomic E-state index is 0.00283. The van der Waals surface area contributed by atoms with Gasteiger partial charge in [-0.2, -0.15) is 0 Å². The average molecular weight is 432 g/mol. The van der Waals surface area contributed by atoms with Crippen LogP contribution in [0.25, 0.3) is 0 Å². The number of methoxy groups -OCH3 is 1. The van der Waals surface area contributed by atoms with E-state index >= 15 is 0 Å². The number of hydrogen-bond acceptors (Lipinski definition) is 5. The number of fused-ring (bicyclic) bond motifs is 2. The van der Waals surface area contributed by atoms with E-state index in [4.69, 9.17) is 14.2 Å². The maximum absolute atomic E-state index is 12.9. The van der Waals surface area contributed by atoms with Crippen LogP contribution < -0.4 is 14.4 Å². The summed E-state index contributed by atoms with van der Waals surface area (Å²) in [7, 11) is 1.36. The van der Waals surface area contributed by atoms with Crippen molar-refractivity contribution in [3.8, 4) is 11.5 Å². The average Bonchev–Trinajstić information content (AvgIpc) is 3.11. The highest BCUT2D eigenvalue weighted by Gasteiger charge is 2.27. The van der Waals surface area contributed by atoms with Gasteiger partial charge in [0.15, 0.2) is 11.5 Å². The fourth-order valence-corrected chi connectivity index (χ4v) is 3.87. The standard InChI is InChI=1S/C20H18BrNO5/c1-25-20(24)13-2-3-16-12(8-13)4-5-22(16)19(23)10-14-9-17-18(11-15(14)21)27-7-6-26-17/h2-3,8-9,11H,4-7,10H2,1H3. The Morgan fingerprint density at radius 1 is 1.15 bits per heavy atom. The van der Waals surface area contributed by atoms with Crippen LogP contribution in [0, 0.1) is 0 Å². The topological polar surface area (TPSA) is 65.1 Å². The van der Waals surface area contributed by atoms with Crippen molar-refractivity contribution in [2.75, 3.05) is 31.8 Å². The lowest BCUT2D eigenvalue weighted by Crippen LogP contribution is -2.30. The number of nitrogens with zero attached hydrogens (tertiary/aromatic N) is 1. The van der Waals surface area contributed by atoms with Crippen molar-refractivity contribution in [3.05, 3.63) is 51.5 Å². The first kappa shape index (κ1) is 17.9. The van der Waals surface area contributed by atoms with E-state index in [2.05, 4.69) is 15.9 Å². The van der Waals surface area contributed by atoms with E-state index in [1.54, 1.807) is 17.0 Å². The normalized spacial score (nSPS) is 14.7. The summed E-state index contributed by atoms with van der Waals surface area (Å²) in [6.07, 6.45) is 0.962. The molecule has 2 aliphatic rings. The van der Waals surface area contributed by atoms with Gasteiger partial charge in [-0.15, -0.1) is 0 Å². The van der Waals surface area contributed by atoms with Crippen molar-refractivity contribution in [3.63, 3.8) is 0 Å². The summed E-state index contributed by atoms with van der Waals surface area (Å²) >= 11 is 3.52. The van der Waals surface area contributed by atoms with Crippen LogP contribution in [0.5, 0.6) is 11.5 Å². The van der Waals surface area contributed by atoms with E-state index in [1.807, 2.05) is 18.2 Å². The van der Waals surface area contributed by atoms with E-state index in [0.717, 1.165) is 21.3 Å². The molecule has 2 aromatic rings. The van der Waals surface area contributed by atoms with Crippen LogP contribution in [0.15, 0.2) is 34.8 Å². The Bertz CT molecular complexity index is 927. The van der Waals surface area contributed by atoms with Gasteiger partial charge in [-0.05, 0) is 47.9 Å². The van der Waals surface area contributed by atoms with Crippen molar-refractivity contribution in [1.29, 1.82) is 0 Å². The molecule has 0 unspecified atom stereocenters. The van der Waals surface area contributed by atoms with Gasteiger partial charge in [-0.3, -0.25) is 4.79 Å². The Morgan fingerprint density at radius 2 is 1.89 bits per heavy atom. The van der Waals surface area contributed by atoms with Crippen molar-refractivity contribution in [2.45, 2.75) is 12.8 Å². The quantitative estimate of drug-likeness (QED) is 0.698. The molecule has 27 heavy (non-hydrogen) atoms. The molecule has 0 bridgehead atoms. The second-order valence-electron chi connectivity index (χ2n) is 6.39. The number of amides is 1. The van der Waals surface area contributed by atoms with E-state index in [0.29, 0.717) is 43.2 Å². The molecular formula is C20H18BrNO5. The molecule has 2 heterocycles. The Balaban J connectivity index is 1.55. The smallest absolute Gasteiger partial charge is 0.337 e. The first-order chi connectivity index (χ1) is 13.1. The molecule has 0 spiro atoms. The zero-order valence-electron chi connectivity index (χ0n) is 14.8. The number of carbonyl (C=O) groups excluding carboxylic acids is 2. The molecule has 0 radical (unpaired) electrons. The molecular weight excluding hydrogens is 414 g/mol. The van der Waals surface area contributed by atoms with Gasteiger partial charge in [0.25, 0.3) is 0 Å². The van der Waals surface area contributed by atoms with Gasteiger partial charge in [-0.25, -0.2) is 4.79 Å². The van der Waals surface area contributed by atoms with Gasteiger partial charge in [0, 0.05) is 16.7 Å². The summed E-state index contributed by atoms with van der Waals surface area (Å²) in [4.78, 5) is 26.4. The van der Waals surface area contributed by atoms with Crippen molar-refractivity contribution in [2.24, 2.45) is 0 Å². The third-order valence-corrected chi connectivity index (χ3v) is 5.49. The first-order valence-corrected chi connectivity index (χ1v) is 9.46. The van der Waals surface area contributed by atoms with Crippen LogP contribution in [-0.2, 0) is 22.4 Å². The summed E-state index contributed by atoms with van der Waals surface area (Å²) in [5.74, 6) is 0.975. The highest BCUT2D eigenvalue weighted by Crippen LogP contribution is 2.36. The Labute approximate surface area is 165 Å². The van der Waals surface area contributed by atoms with Crippen LogP contribution in [0.1, 0.15) is 21.5 Å². The molecule has 2 aromatic carbocycles. The van der Waals surface area contributed by atoms with Crippen molar-refractivity contribution in [1.82, 2.24) is 0 Å². The molecule has 0 aromatic heterocycles. The molecule has 6 nitrogen and oxygen atoms in total.